The quantitative estimate of drug-likeness (QED) is 0.577. The third-order valence-corrected chi connectivity index (χ3v) is 3.59. The van der Waals surface area contributed by atoms with Crippen molar-refractivity contribution in [3.05, 3.63) is 48.6 Å². The van der Waals surface area contributed by atoms with Gasteiger partial charge in [0.15, 0.2) is 6.10 Å². The monoisotopic (exact) mass is 345 g/mol. The lowest BCUT2D eigenvalue weighted by molar-refractivity contribution is -0.141. The van der Waals surface area contributed by atoms with E-state index in [1.807, 2.05) is 30.3 Å². The summed E-state index contributed by atoms with van der Waals surface area (Å²) in [6.45, 7) is 6.18. The summed E-state index contributed by atoms with van der Waals surface area (Å²) < 4.78 is 4.79. The normalized spacial score (nSPS) is 15.7. The van der Waals surface area contributed by atoms with Crippen LogP contribution in [0.4, 0.5) is 4.79 Å². The predicted octanol–water partition coefficient (Wildman–Crippen LogP) is 1.94. The fourth-order valence-electron chi connectivity index (χ4n) is 2.44. The molecule has 7 heteroatoms. The lowest BCUT2D eigenvalue weighted by Gasteiger charge is -2.23. The number of amides is 2. The highest BCUT2D eigenvalue weighted by Gasteiger charge is 2.26. The van der Waals surface area contributed by atoms with Crippen molar-refractivity contribution in [2.45, 2.75) is 19.4 Å². The molecule has 0 spiro atoms. The van der Waals surface area contributed by atoms with E-state index in [1.165, 1.54) is 4.90 Å². The molecule has 25 heavy (non-hydrogen) atoms. The summed E-state index contributed by atoms with van der Waals surface area (Å²) in [5.74, 6) is -0.471. The lowest BCUT2D eigenvalue weighted by atomic mass is 10.1. The van der Waals surface area contributed by atoms with Gasteiger partial charge in [-0.3, -0.25) is 4.79 Å². The van der Waals surface area contributed by atoms with Gasteiger partial charge in [-0.05, 0) is 12.5 Å². The van der Waals surface area contributed by atoms with Gasteiger partial charge in [-0.25, -0.2) is 4.79 Å². The smallest absolute Gasteiger partial charge is 0.325 e. The average molecular weight is 345 g/mol. The fraction of sp³-hybridized carbons (Fsp3) is 0.389. The van der Waals surface area contributed by atoms with Crippen LogP contribution in [0.1, 0.15) is 18.9 Å². The number of rotatable bonds is 8. The molecular weight excluding hydrogens is 322 g/mol. The van der Waals surface area contributed by atoms with Gasteiger partial charge in [0.25, 0.3) is 0 Å². The van der Waals surface area contributed by atoms with Crippen LogP contribution in [0.3, 0.4) is 0 Å². The third-order valence-electron chi connectivity index (χ3n) is 3.59. The van der Waals surface area contributed by atoms with Crippen molar-refractivity contribution >= 4 is 17.7 Å². The van der Waals surface area contributed by atoms with Crippen LogP contribution in [0, 0.1) is 0 Å². The van der Waals surface area contributed by atoms with Gasteiger partial charge in [-0.15, -0.1) is 6.58 Å². The molecule has 1 aromatic carbocycles. The standard InChI is InChI=1S/C18H23N3O4/c1-3-10-21(18(23)19-12-17(22)24-4-2)13-15-11-16(20-25-15)14-8-6-5-7-9-14/h3,5-9,15H,1,4,10-13H2,2H3,(H,19,23). The molecular formula is C18H23N3O4. The zero-order chi connectivity index (χ0) is 18.1. The molecule has 1 aliphatic rings. The van der Waals surface area contributed by atoms with Crippen molar-refractivity contribution in [3.8, 4) is 0 Å². The molecule has 0 radical (unpaired) electrons. The van der Waals surface area contributed by atoms with E-state index in [1.54, 1.807) is 13.0 Å². The van der Waals surface area contributed by atoms with Crippen LogP contribution >= 0.6 is 0 Å². The van der Waals surface area contributed by atoms with E-state index in [9.17, 15) is 9.59 Å². The van der Waals surface area contributed by atoms with Gasteiger partial charge in [0.05, 0.1) is 18.9 Å². The summed E-state index contributed by atoms with van der Waals surface area (Å²) >= 11 is 0. The molecule has 1 unspecified atom stereocenters. The molecule has 1 heterocycles. The van der Waals surface area contributed by atoms with E-state index in [-0.39, 0.29) is 25.3 Å². The SMILES string of the molecule is C=CCN(CC1CC(c2ccccc2)=NO1)C(=O)NCC(=O)OCC. The molecule has 1 aliphatic heterocycles. The minimum atomic E-state index is -0.471. The molecule has 2 amide bonds. The first-order chi connectivity index (χ1) is 12.1. The summed E-state index contributed by atoms with van der Waals surface area (Å²) in [4.78, 5) is 30.6. The maximum atomic E-state index is 12.2. The molecule has 0 aromatic heterocycles. The number of carbonyl (C=O) groups excluding carboxylic acids is 2. The lowest BCUT2D eigenvalue weighted by Crippen LogP contribution is -2.45. The van der Waals surface area contributed by atoms with Crippen LogP contribution in [-0.2, 0) is 14.4 Å². The molecule has 7 nitrogen and oxygen atoms in total. The largest absolute Gasteiger partial charge is 0.465 e. The average Bonchev–Trinajstić information content (AvgIpc) is 3.09. The number of hydrogen-bond donors (Lipinski definition) is 1. The van der Waals surface area contributed by atoms with Gasteiger partial charge in [0.1, 0.15) is 6.54 Å². The third kappa shape index (κ3) is 5.63. The number of carbonyl (C=O) groups is 2. The second-order valence-corrected chi connectivity index (χ2v) is 5.49. The number of ether oxygens (including phenoxy) is 1. The van der Waals surface area contributed by atoms with Gasteiger partial charge < -0.3 is 19.8 Å². The number of hydrogen-bond acceptors (Lipinski definition) is 5. The Balaban J connectivity index is 1.86. The van der Waals surface area contributed by atoms with Gasteiger partial charge in [-0.2, -0.15) is 0 Å². The number of esters is 1. The summed E-state index contributed by atoms with van der Waals surface area (Å²) in [5.41, 5.74) is 1.86. The van der Waals surface area contributed by atoms with E-state index in [0.29, 0.717) is 19.5 Å². The first kappa shape index (κ1) is 18.5. The predicted molar refractivity (Wildman–Crippen MR) is 94.3 cm³/mol. The second kappa shape index (κ2) is 9.46. The number of nitrogens with zero attached hydrogens (tertiary/aromatic N) is 2. The Labute approximate surface area is 147 Å². The van der Waals surface area contributed by atoms with E-state index < -0.39 is 5.97 Å². The molecule has 1 atom stereocenters. The Morgan fingerprint density at radius 3 is 2.88 bits per heavy atom. The summed E-state index contributed by atoms with van der Waals surface area (Å²) in [5, 5.41) is 6.66. The first-order valence-corrected chi connectivity index (χ1v) is 8.21. The summed E-state index contributed by atoms with van der Waals surface area (Å²) in [6.07, 6.45) is 2.00. The molecule has 0 bridgehead atoms. The number of benzene rings is 1. The van der Waals surface area contributed by atoms with Gasteiger partial charge in [0.2, 0.25) is 0 Å². The highest BCUT2D eigenvalue weighted by molar-refractivity contribution is 6.01. The van der Waals surface area contributed by atoms with Crippen LogP contribution < -0.4 is 5.32 Å². The van der Waals surface area contributed by atoms with Gasteiger partial charge in [0, 0.05) is 13.0 Å². The Morgan fingerprint density at radius 2 is 2.20 bits per heavy atom. The van der Waals surface area contributed by atoms with Crippen molar-refractivity contribution in [1.82, 2.24) is 10.2 Å². The Bertz CT molecular complexity index is 630. The highest BCUT2D eigenvalue weighted by Crippen LogP contribution is 2.17. The van der Waals surface area contributed by atoms with Crippen molar-refractivity contribution < 1.29 is 19.2 Å². The molecule has 0 saturated heterocycles. The summed E-state index contributed by atoms with van der Waals surface area (Å²) in [7, 11) is 0. The zero-order valence-electron chi connectivity index (χ0n) is 14.3. The van der Waals surface area contributed by atoms with E-state index in [4.69, 9.17) is 9.57 Å². The first-order valence-electron chi connectivity index (χ1n) is 8.21. The minimum Gasteiger partial charge on any atom is -0.465 e. The number of oxime groups is 1. The van der Waals surface area contributed by atoms with Gasteiger partial charge >= 0.3 is 12.0 Å². The fourth-order valence-corrected chi connectivity index (χ4v) is 2.44. The Kier molecular flexibility index (Phi) is 7.00. The van der Waals surface area contributed by atoms with E-state index >= 15 is 0 Å². The van der Waals surface area contributed by atoms with Crippen molar-refractivity contribution in [2.75, 3.05) is 26.2 Å². The zero-order valence-corrected chi connectivity index (χ0v) is 14.3. The topological polar surface area (TPSA) is 80.2 Å². The minimum absolute atomic E-state index is 0.169. The molecule has 134 valence electrons. The van der Waals surface area contributed by atoms with Crippen LogP contribution in [0.2, 0.25) is 0 Å². The van der Waals surface area contributed by atoms with Crippen LogP contribution in [0.15, 0.2) is 48.1 Å². The number of urea groups is 1. The van der Waals surface area contributed by atoms with E-state index in [2.05, 4.69) is 17.1 Å². The van der Waals surface area contributed by atoms with Crippen molar-refractivity contribution in [2.24, 2.45) is 5.16 Å². The number of nitrogens with one attached hydrogen (secondary N) is 1. The molecule has 0 fully saturated rings. The van der Waals surface area contributed by atoms with Crippen molar-refractivity contribution in [1.29, 1.82) is 0 Å². The second-order valence-electron chi connectivity index (χ2n) is 5.49. The summed E-state index contributed by atoms with van der Waals surface area (Å²) in [6, 6.07) is 9.40. The maximum absolute atomic E-state index is 12.2. The van der Waals surface area contributed by atoms with Gasteiger partial charge in [-0.1, -0.05) is 41.6 Å². The molecule has 1 aromatic rings. The Hall–Kier alpha value is -2.83. The highest BCUT2D eigenvalue weighted by atomic mass is 16.6. The molecule has 2 rings (SSSR count). The molecule has 1 N–H and O–H groups in total. The van der Waals surface area contributed by atoms with Crippen LogP contribution in [-0.4, -0.2) is 55.0 Å². The van der Waals surface area contributed by atoms with E-state index in [0.717, 1.165) is 11.3 Å². The Morgan fingerprint density at radius 1 is 1.44 bits per heavy atom. The molecule has 0 aliphatic carbocycles. The maximum Gasteiger partial charge on any atom is 0.325 e. The van der Waals surface area contributed by atoms with Crippen LogP contribution in [0.25, 0.3) is 0 Å². The molecule has 0 saturated carbocycles. The van der Waals surface area contributed by atoms with Crippen molar-refractivity contribution in [3.63, 3.8) is 0 Å². The van der Waals surface area contributed by atoms with Crippen LogP contribution in [0.5, 0.6) is 0 Å².